The van der Waals surface area contributed by atoms with Gasteiger partial charge in [-0.1, -0.05) is 6.07 Å². The van der Waals surface area contributed by atoms with Crippen molar-refractivity contribution < 1.29 is 9.53 Å². The fourth-order valence-corrected chi connectivity index (χ4v) is 3.75. The zero-order chi connectivity index (χ0) is 17.8. The van der Waals surface area contributed by atoms with Crippen LogP contribution in [0.3, 0.4) is 0 Å². The lowest BCUT2D eigenvalue weighted by Gasteiger charge is -2.32. The highest BCUT2D eigenvalue weighted by Crippen LogP contribution is 2.22. The summed E-state index contributed by atoms with van der Waals surface area (Å²) in [5.41, 5.74) is 3.26. The van der Waals surface area contributed by atoms with Gasteiger partial charge in [-0.2, -0.15) is 16.4 Å². The fraction of sp³-hybridized carbons (Fsp3) is 0.316. The summed E-state index contributed by atoms with van der Waals surface area (Å²) in [7, 11) is 0. The van der Waals surface area contributed by atoms with E-state index in [2.05, 4.69) is 15.2 Å². The van der Waals surface area contributed by atoms with Crippen LogP contribution in [-0.4, -0.2) is 45.2 Å². The molecule has 4 rings (SSSR count). The maximum atomic E-state index is 12.8. The summed E-state index contributed by atoms with van der Waals surface area (Å²) in [5.74, 6) is -0.0230. The van der Waals surface area contributed by atoms with Crippen molar-refractivity contribution in [2.24, 2.45) is 0 Å². The molecule has 1 aliphatic rings. The molecule has 26 heavy (non-hydrogen) atoms. The minimum Gasteiger partial charge on any atom is -0.370 e. The Balaban J connectivity index is 1.37. The molecule has 6 nitrogen and oxygen atoms in total. The van der Waals surface area contributed by atoms with Crippen LogP contribution in [0.15, 0.2) is 47.3 Å². The molecule has 0 spiro atoms. The van der Waals surface area contributed by atoms with Crippen molar-refractivity contribution in [3.8, 4) is 11.3 Å². The minimum absolute atomic E-state index is 0.0230. The van der Waals surface area contributed by atoms with Crippen LogP contribution >= 0.6 is 11.3 Å². The number of nitrogens with zero attached hydrogens (tertiary/aromatic N) is 3. The number of likely N-dealkylation sites (tertiary alicyclic amines) is 1. The molecular weight excluding hydrogens is 348 g/mol. The van der Waals surface area contributed by atoms with Crippen LogP contribution in [0.4, 0.5) is 0 Å². The van der Waals surface area contributed by atoms with Gasteiger partial charge >= 0.3 is 0 Å². The van der Waals surface area contributed by atoms with Gasteiger partial charge in [0, 0.05) is 30.2 Å². The molecule has 4 heterocycles. The van der Waals surface area contributed by atoms with E-state index < -0.39 is 0 Å². The van der Waals surface area contributed by atoms with E-state index in [4.69, 9.17) is 4.74 Å². The first-order chi connectivity index (χ1) is 12.8. The van der Waals surface area contributed by atoms with Gasteiger partial charge in [0.05, 0.1) is 24.1 Å². The number of aromatic nitrogens is 3. The van der Waals surface area contributed by atoms with E-state index in [0.29, 0.717) is 18.8 Å². The third kappa shape index (κ3) is 3.84. The molecule has 3 aromatic heterocycles. The van der Waals surface area contributed by atoms with Gasteiger partial charge in [-0.3, -0.25) is 14.9 Å². The average molecular weight is 368 g/mol. The highest BCUT2D eigenvalue weighted by molar-refractivity contribution is 7.08. The number of thiophene rings is 1. The molecule has 0 saturated carbocycles. The van der Waals surface area contributed by atoms with Gasteiger partial charge in [0.25, 0.3) is 5.91 Å². The monoisotopic (exact) mass is 368 g/mol. The van der Waals surface area contributed by atoms with Crippen LogP contribution in [-0.2, 0) is 11.3 Å². The standard InChI is InChI=1S/C19H20N4O2S/c24-19(18-10-17(21-22-18)14-6-9-26-13-14)23-8-3-5-16(11-23)25-12-15-4-1-2-7-20-15/h1-2,4,6-7,9-10,13,16H,3,5,8,11-12H2,(H,21,22)/t16-/m0/s1. The number of aromatic amines is 1. The SMILES string of the molecule is O=C(c1cc(-c2ccsc2)n[nH]1)N1CCC[C@H](OCc2ccccn2)C1. The Labute approximate surface area is 155 Å². The van der Waals surface area contributed by atoms with Crippen LogP contribution < -0.4 is 0 Å². The number of amides is 1. The van der Waals surface area contributed by atoms with E-state index in [1.807, 2.05) is 46.0 Å². The minimum atomic E-state index is -0.0230. The van der Waals surface area contributed by atoms with Gasteiger partial charge in [-0.15, -0.1) is 0 Å². The number of rotatable bonds is 5. The summed E-state index contributed by atoms with van der Waals surface area (Å²) in [6.45, 7) is 1.81. The molecule has 0 aromatic carbocycles. The molecule has 1 atom stereocenters. The molecule has 1 fully saturated rings. The third-order valence-electron chi connectivity index (χ3n) is 4.48. The molecule has 0 radical (unpaired) electrons. The fourth-order valence-electron chi connectivity index (χ4n) is 3.11. The van der Waals surface area contributed by atoms with E-state index in [9.17, 15) is 4.79 Å². The predicted molar refractivity (Wildman–Crippen MR) is 99.9 cm³/mol. The first-order valence-corrected chi connectivity index (χ1v) is 9.62. The van der Waals surface area contributed by atoms with Crippen LogP contribution in [0.2, 0.25) is 0 Å². The second-order valence-corrected chi connectivity index (χ2v) is 7.11. The number of carbonyl (C=O) groups excluding carboxylic acids is 1. The second kappa shape index (κ2) is 7.80. The van der Waals surface area contributed by atoms with Crippen LogP contribution in [0.25, 0.3) is 11.3 Å². The number of H-pyrrole nitrogens is 1. The average Bonchev–Trinajstić information content (AvgIpc) is 3.38. The Hall–Kier alpha value is -2.51. The van der Waals surface area contributed by atoms with Crippen molar-refractivity contribution in [2.45, 2.75) is 25.6 Å². The highest BCUT2D eigenvalue weighted by atomic mass is 32.1. The number of ether oxygens (including phenoxy) is 1. The zero-order valence-electron chi connectivity index (χ0n) is 14.3. The van der Waals surface area contributed by atoms with E-state index >= 15 is 0 Å². The lowest BCUT2D eigenvalue weighted by molar-refractivity contribution is -0.00801. The summed E-state index contributed by atoms with van der Waals surface area (Å²) in [6, 6.07) is 9.60. The predicted octanol–water partition coefficient (Wildman–Crippen LogP) is 3.35. The van der Waals surface area contributed by atoms with Crippen molar-refractivity contribution in [1.29, 1.82) is 0 Å². The smallest absolute Gasteiger partial charge is 0.271 e. The lowest BCUT2D eigenvalue weighted by Crippen LogP contribution is -2.43. The number of hydrogen-bond acceptors (Lipinski definition) is 5. The molecule has 1 amide bonds. The second-order valence-electron chi connectivity index (χ2n) is 6.33. The van der Waals surface area contributed by atoms with Crippen molar-refractivity contribution in [1.82, 2.24) is 20.1 Å². The number of carbonyl (C=O) groups is 1. The Morgan fingerprint density at radius 1 is 1.38 bits per heavy atom. The van der Waals surface area contributed by atoms with Gasteiger partial charge in [-0.05, 0) is 42.5 Å². The van der Waals surface area contributed by atoms with Crippen molar-refractivity contribution in [2.75, 3.05) is 13.1 Å². The quantitative estimate of drug-likeness (QED) is 0.750. The number of pyridine rings is 1. The van der Waals surface area contributed by atoms with Crippen LogP contribution in [0.5, 0.6) is 0 Å². The molecule has 1 aliphatic heterocycles. The maximum Gasteiger partial charge on any atom is 0.271 e. The summed E-state index contributed by atoms with van der Waals surface area (Å²) in [6.07, 6.45) is 3.69. The molecule has 0 unspecified atom stereocenters. The largest absolute Gasteiger partial charge is 0.370 e. The van der Waals surface area contributed by atoms with Gasteiger partial charge in [0.15, 0.2) is 0 Å². The first kappa shape index (κ1) is 16.9. The Morgan fingerprint density at radius 2 is 2.35 bits per heavy atom. The normalized spacial score (nSPS) is 17.4. The van der Waals surface area contributed by atoms with Gasteiger partial charge in [0.2, 0.25) is 0 Å². The Bertz CT molecular complexity index is 848. The number of piperidine rings is 1. The molecule has 7 heteroatoms. The highest BCUT2D eigenvalue weighted by Gasteiger charge is 2.26. The summed E-state index contributed by atoms with van der Waals surface area (Å²) in [4.78, 5) is 18.9. The van der Waals surface area contributed by atoms with E-state index in [-0.39, 0.29) is 12.0 Å². The Morgan fingerprint density at radius 3 is 3.15 bits per heavy atom. The zero-order valence-corrected chi connectivity index (χ0v) is 15.1. The molecule has 0 aliphatic carbocycles. The van der Waals surface area contributed by atoms with Crippen molar-refractivity contribution in [3.63, 3.8) is 0 Å². The Kier molecular flexibility index (Phi) is 5.08. The number of hydrogen-bond donors (Lipinski definition) is 1. The molecule has 0 bridgehead atoms. The van der Waals surface area contributed by atoms with Gasteiger partial charge < -0.3 is 9.64 Å². The first-order valence-electron chi connectivity index (χ1n) is 8.68. The van der Waals surface area contributed by atoms with E-state index in [1.54, 1.807) is 17.5 Å². The summed E-state index contributed by atoms with van der Waals surface area (Å²) >= 11 is 1.61. The summed E-state index contributed by atoms with van der Waals surface area (Å²) in [5, 5.41) is 11.2. The van der Waals surface area contributed by atoms with Gasteiger partial charge in [-0.25, -0.2) is 0 Å². The van der Waals surface area contributed by atoms with E-state index in [1.165, 1.54) is 0 Å². The van der Waals surface area contributed by atoms with Crippen molar-refractivity contribution in [3.05, 3.63) is 58.7 Å². The topological polar surface area (TPSA) is 71.1 Å². The van der Waals surface area contributed by atoms with Gasteiger partial charge in [0.1, 0.15) is 5.69 Å². The lowest BCUT2D eigenvalue weighted by atomic mass is 10.1. The van der Waals surface area contributed by atoms with Crippen LogP contribution in [0, 0.1) is 0 Å². The maximum absolute atomic E-state index is 12.8. The third-order valence-corrected chi connectivity index (χ3v) is 5.17. The van der Waals surface area contributed by atoms with Crippen molar-refractivity contribution >= 4 is 17.2 Å². The summed E-state index contributed by atoms with van der Waals surface area (Å²) < 4.78 is 5.97. The van der Waals surface area contributed by atoms with Crippen LogP contribution in [0.1, 0.15) is 29.0 Å². The molecule has 1 saturated heterocycles. The number of nitrogens with one attached hydrogen (secondary N) is 1. The molecule has 1 N–H and O–H groups in total. The molecular formula is C19H20N4O2S. The molecule has 3 aromatic rings. The van der Waals surface area contributed by atoms with E-state index in [0.717, 1.165) is 36.3 Å². The molecule has 134 valence electrons.